The highest BCUT2D eigenvalue weighted by atomic mass is 16.5. The second-order valence-electron chi connectivity index (χ2n) is 9.12. The van der Waals surface area contributed by atoms with Gasteiger partial charge in [-0.25, -0.2) is 0 Å². The molecular weight excluding hydrogens is 332 g/mol. The van der Waals surface area contributed by atoms with Crippen LogP contribution in [-0.4, -0.2) is 24.9 Å². The van der Waals surface area contributed by atoms with Crippen molar-refractivity contribution in [3.8, 4) is 0 Å². The lowest BCUT2D eigenvalue weighted by Gasteiger charge is -2.51. The Kier molecular flexibility index (Phi) is 6.69. The molecule has 5 unspecified atom stereocenters. The van der Waals surface area contributed by atoms with Crippen LogP contribution in [0.3, 0.4) is 0 Å². The Morgan fingerprint density at radius 2 is 1.93 bits per heavy atom. The Balaban J connectivity index is 0.00000102. The minimum Gasteiger partial charge on any atom is -0.393 e. The van der Waals surface area contributed by atoms with E-state index in [-0.39, 0.29) is 11.5 Å². The number of aliphatic hydroxyl groups is 1. The van der Waals surface area contributed by atoms with E-state index < -0.39 is 0 Å². The average Bonchev–Trinajstić information content (AvgIpc) is 2.99. The second-order valence-corrected chi connectivity index (χ2v) is 9.12. The highest BCUT2D eigenvalue weighted by Gasteiger charge is 2.55. The number of rotatable bonds is 4. The molecule has 1 N–H and O–H groups in total. The summed E-state index contributed by atoms with van der Waals surface area (Å²) in [7, 11) is 1.84. The van der Waals surface area contributed by atoms with E-state index in [0.29, 0.717) is 17.8 Å². The molecule has 0 saturated heterocycles. The van der Waals surface area contributed by atoms with Crippen molar-refractivity contribution >= 4 is 0 Å². The van der Waals surface area contributed by atoms with Crippen LogP contribution >= 0.6 is 0 Å². The molecular formula is C25H40O2. The van der Waals surface area contributed by atoms with Gasteiger partial charge in [-0.1, -0.05) is 52.3 Å². The summed E-state index contributed by atoms with van der Waals surface area (Å²) in [4.78, 5) is 0. The van der Waals surface area contributed by atoms with Crippen LogP contribution in [0.2, 0.25) is 0 Å². The summed E-state index contributed by atoms with van der Waals surface area (Å²) in [6.45, 7) is 9.45. The highest BCUT2D eigenvalue weighted by molar-refractivity contribution is 5.41. The SMILES string of the molecule is CC.CCCc1ccc2c(c1)C(COC)CC1C3CCC(O)C3(C)CC[C@H]21. The van der Waals surface area contributed by atoms with E-state index in [9.17, 15) is 5.11 Å². The molecule has 0 aliphatic heterocycles. The van der Waals surface area contributed by atoms with Crippen LogP contribution in [0.5, 0.6) is 0 Å². The lowest BCUT2D eigenvalue weighted by atomic mass is 9.54. The van der Waals surface area contributed by atoms with Gasteiger partial charge in [-0.3, -0.25) is 0 Å². The van der Waals surface area contributed by atoms with Gasteiger partial charge in [0.15, 0.2) is 0 Å². The molecule has 3 aliphatic rings. The molecule has 0 aromatic heterocycles. The van der Waals surface area contributed by atoms with Crippen molar-refractivity contribution in [1.29, 1.82) is 0 Å². The van der Waals surface area contributed by atoms with Crippen LogP contribution in [0.15, 0.2) is 18.2 Å². The monoisotopic (exact) mass is 372 g/mol. The van der Waals surface area contributed by atoms with E-state index in [1.165, 1.54) is 44.1 Å². The van der Waals surface area contributed by atoms with Crippen molar-refractivity contribution in [3.05, 3.63) is 34.9 Å². The molecule has 2 heteroatoms. The van der Waals surface area contributed by atoms with Gasteiger partial charge >= 0.3 is 0 Å². The van der Waals surface area contributed by atoms with Gasteiger partial charge in [-0.15, -0.1) is 0 Å². The molecule has 0 heterocycles. The minimum atomic E-state index is -0.0901. The lowest BCUT2D eigenvalue weighted by Crippen LogP contribution is -2.44. The molecule has 152 valence electrons. The molecule has 0 amide bonds. The Bertz CT molecular complexity index is 625. The van der Waals surface area contributed by atoms with Crippen LogP contribution in [-0.2, 0) is 11.2 Å². The molecule has 0 radical (unpaired) electrons. The third-order valence-electron chi connectivity index (χ3n) is 7.84. The van der Waals surface area contributed by atoms with Crippen molar-refractivity contribution in [2.45, 2.75) is 90.6 Å². The maximum atomic E-state index is 10.6. The van der Waals surface area contributed by atoms with Crippen molar-refractivity contribution in [3.63, 3.8) is 0 Å². The van der Waals surface area contributed by atoms with Gasteiger partial charge in [0.05, 0.1) is 12.7 Å². The molecule has 6 atom stereocenters. The first-order valence-electron chi connectivity index (χ1n) is 11.4. The Morgan fingerprint density at radius 1 is 1.15 bits per heavy atom. The van der Waals surface area contributed by atoms with E-state index in [0.717, 1.165) is 18.9 Å². The van der Waals surface area contributed by atoms with Crippen LogP contribution < -0.4 is 0 Å². The maximum absolute atomic E-state index is 10.6. The molecule has 2 saturated carbocycles. The number of fused-ring (bicyclic) bond motifs is 5. The average molecular weight is 373 g/mol. The summed E-state index contributed by atoms with van der Waals surface area (Å²) in [5.74, 6) is 2.63. The molecule has 3 aliphatic carbocycles. The number of methoxy groups -OCH3 is 1. The van der Waals surface area contributed by atoms with Gasteiger partial charge in [0, 0.05) is 13.0 Å². The Morgan fingerprint density at radius 3 is 2.63 bits per heavy atom. The predicted molar refractivity (Wildman–Crippen MR) is 113 cm³/mol. The van der Waals surface area contributed by atoms with Gasteiger partial charge in [-0.05, 0) is 78.4 Å². The zero-order chi connectivity index (χ0) is 19.6. The standard InChI is InChI=1S/C23H34O2.C2H6/c1-4-5-15-6-7-17-18-10-11-23(2)21(8-9-22(23)24)20(18)13-16(14-25-3)19(17)12-15;1-2/h6-7,12,16,18,20-22,24H,4-5,8-11,13-14H2,1-3H3;1-2H3/t16?,18-,20?,21?,22?,23?;/m1./s1. The van der Waals surface area contributed by atoms with Crippen LogP contribution in [0.25, 0.3) is 0 Å². The van der Waals surface area contributed by atoms with Gasteiger partial charge in [0.1, 0.15) is 0 Å². The summed E-state index contributed by atoms with van der Waals surface area (Å²) >= 11 is 0. The Hall–Kier alpha value is -0.860. The molecule has 2 fully saturated rings. The quantitative estimate of drug-likeness (QED) is 0.695. The highest BCUT2D eigenvalue weighted by Crippen LogP contribution is 2.62. The molecule has 1 aromatic carbocycles. The number of hydrogen-bond donors (Lipinski definition) is 1. The van der Waals surface area contributed by atoms with E-state index in [1.54, 1.807) is 11.1 Å². The van der Waals surface area contributed by atoms with E-state index in [1.807, 2.05) is 21.0 Å². The van der Waals surface area contributed by atoms with Crippen molar-refractivity contribution in [2.24, 2.45) is 17.3 Å². The normalized spacial score (nSPS) is 36.9. The second kappa shape index (κ2) is 8.66. The number of ether oxygens (including phenoxy) is 1. The molecule has 4 rings (SSSR count). The number of aryl methyl sites for hydroxylation is 1. The van der Waals surface area contributed by atoms with Gasteiger partial charge < -0.3 is 9.84 Å². The third-order valence-corrected chi connectivity index (χ3v) is 7.84. The van der Waals surface area contributed by atoms with E-state index in [2.05, 4.69) is 32.0 Å². The fraction of sp³-hybridized carbons (Fsp3) is 0.760. The van der Waals surface area contributed by atoms with Crippen LogP contribution in [0.4, 0.5) is 0 Å². The fourth-order valence-corrected chi connectivity index (χ4v) is 6.55. The number of aliphatic hydroxyl groups excluding tert-OH is 1. The number of benzene rings is 1. The number of hydrogen-bond acceptors (Lipinski definition) is 2. The molecule has 2 nitrogen and oxygen atoms in total. The van der Waals surface area contributed by atoms with Gasteiger partial charge in [-0.2, -0.15) is 0 Å². The Labute approximate surface area is 166 Å². The summed E-state index contributed by atoms with van der Waals surface area (Å²) in [6, 6.07) is 7.29. The minimum absolute atomic E-state index is 0.0901. The van der Waals surface area contributed by atoms with Crippen LogP contribution in [0, 0.1) is 17.3 Å². The molecule has 0 spiro atoms. The first kappa shape index (κ1) is 20.9. The van der Waals surface area contributed by atoms with Crippen LogP contribution in [0.1, 0.15) is 94.7 Å². The topological polar surface area (TPSA) is 29.5 Å². The van der Waals surface area contributed by atoms with E-state index >= 15 is 0 Å². The van der Waals surface area contributed by atoms with Gasteiger partial charge in [0.2, 0.25) is 0 Å². The first-order chi connectivity index (χ1) is 13.1. The largest absolute Gasteiger partial charge is 0.393 e. The lowest BCUT2D eigenvalue weighted by molar-refractivity contribution is -0.0273. The van der Waals surface area contributed by atoms with Crippen molar-refractivity contribution in [2.75, 3.05) is 13.7 Å². The predicted octanol–water partition coefficient (Wildman–Crippen LogP) is 6.07. The molecule has 1 aromatic rings. The van der Waals surface area contributed by atoms with Crippen molar-refractivity contribution in [1.82, 2.24) is 0 Å². The zero-order valence-electron chi connectivity index (χ0n) is 18.1. The summed E-state index contributed by atoms with van der Waals surface area (Å²) in [5, 5.41) is 10.6. The summed E-state index contributed by atoms with van der Waals surface area (Å²) in [6.07, 6.45) is 8.18. The third kappa shape index (κ3) is 3.60. The maximum Gasteiger partial charge on any atom is 0.0596 e. The zero-order valence-corrected chi connectivity index (χ0v) is 18.1. The molecule has 0 bridgehead atoms. The van der Waals surface area contributed by atoms with E-state index in [4.69, 9.17) is 4.74 Å². The smallest absolute Gasteiger partial charge is 0.0596 e. The van der Waals surface area contributed by atoms with Gasteiger partial charge in [0.25, 0.3) is 0 Å². The fourth-order valence-electron chi connectivity index (χ4n) is 6.55. The van der Waals surface area contributed by atoms with Crippen molar-refractivity contribution < 1.29 is 9.84 Å². The molecule has 27 heavy (non-hydrogen) atoms. The summed E-state index contributed by atoms with van der Waals surface area (Å²) in [5.41, 5.74) is 4.80. The summed E-state index contributed by atoms with van der Waals surface area (Å²) < 4.78 is 5.63. The first-order valence-corrected chi connectivity index (χ1v) is 11.4.